The van der Waals surface area contributed by atoms with Crippen molar-refractivity contribution in [1.82, 2.24) is 34.9 Å². The van der Waals surface area contributed by atoms with E-state index >= 15 is 0 Å². The third-order valence-electron chi connectivity index (χ3n) is 3.51. The largest absolute Gasteiger partial charge is 0.305 e. The number of H-pyrrole nitrogens is 1. The van der Waals surface area contributed by atoms with E-state index in [9.17, 15) is 9.18 Å². The maximum atomic E-state index is 13.0. The lowest BCUT2D eigenvalue weighted by Gasteiger charge is -2.04. The molecule has 0 spiro atoms. The van der Waals surface area contributed by atoms with Crippen LogP contribution in [0.5, 0.6) is 0 Å². The van der Waals surface area contributed by atoms with Crippen LogP contribution in [0.15, 0.2) is 55.4 Å². The van der Waals surface area contributed by atoms with Crippen LogP contribution in [-0.4, -0.2) is 40.8 Å². The Kier molecular flexibility index (Phi) is 3.90. The summed E-state index contributed by atoms with van der Waals surface area (Å²) in [5.74, 6) is 0.00106. The van der Waals surface area contributed by atoms with Gasteiger partial charge in [-0.25, -0.2) is 24.0 Å². The van der Waals surface area contributed by atoms with E-state index in [4.69, 9.17) is 0 Å². The van der Waals surface area contributed by atoms with E-state index in [1.165, 1.54) is 35.8 Å². The molecule has 128 valence electrons. The molecule has 0 saturated heterocycles. The number of amides is 1. The Bertz CT molecular complexity index is 1040. The van der Waals surface area contributed by atoms with E-state index in [-0.39, 0.29) is 11.5 Å². The van der Waals surface area contributed by atoms with Crippen LogP contribution in [0, 0.1) is 5.82 Å². The summed E-state index contributed by atoms with van der Waals surface area (Å²) in [5.41, 5.74) is 1.46. The van der Waals surface area contributed by atoms with E-state index in [1.54, 1.807) is 24.3 Å². The highest BCUT2D eigenvalue weighted by Gasteiger charge is 2.13. The van der Waals surface area contributed by atoms with Gasteiger partial charge >= 0.3 is 0 Å². The van der Waals surface area contributed by atoms with Gasteiger partial charge < -0.3 is 5.32 Å². The van der Waals surface area contributed by atoms with Gasteiger partial charge in [-0.3, -0.25) is 9.89 Å². The number of rotatable bonds is 4. The number of carbonyl (C=O) groups is 1. The minimum atomic E-state index is -0.422. The van der Waals surface area contributed by atoms with E-state index in [0.717, 1.165) is 0 Å². The molecule has 3 aromatic heterocycles. The van der Waals surface area contributed by atoms with Crippen LogP contribution in [0.25, 0.3) is 17.1 Å². The molecular weight excluding hydrogens is 339 g/mol. The third-order valence-corrected chi connectivity index (χ3v) is 3.51. The van der Waals surface area contributed by atoms with E-state index in [2.05, 4.69) is 35.6 Å². The molecule has 4 rings (SSSR count). The molecule has 26 heavy (non-hydrogen) atoms. The molecule has 10 heteroatoms. The number of halogens is 1. The smallest absolute Gasteiger partial charge is 0.274 e. The van der Waals surface area contributed by atoms with Gasteiger partial charge in [0.2, 0.25) is 0 Å². The van der Waals surface area contributed by atoms with Crippen LogP contribution in [0.1, 0.15) is 10.5 Å². The first-order valence-corrected chi connectivity index (χ1v) is 7.49. The lowest BCUT2D eigenvalue weighted by Crippen LogP contribution is -2.14. The van der Waals surface area contributed by atoms with Gasteiger partial charge in [-0.1, -0.05) is 0 Å². The van der Waals surface area contributed by atoms with Crippen LogP contribution in [-0.2, 0) is 0 Å². The molecular formula is C16H11FN8O. The van der Waals surface area contributed by atoms with Crippen LogP contribution >= 0.6 is 0 Å². The minimum Gasteiger partial charge on any atom is -0.305 e. The van der Waals surface area contributed by atoms with Gasteiger partial charge in [0.1, 0.15) is 36.3 Å². The Labute approximate surface area is 146 Å². The molecule has 1 amide bonds. The molecule has 2 N–H and O–H groups in total. The van der Waals surface area contributed by atoms with Crippen LogP contribution in [0.3, 0.4) is 0 Å². The first kappa shape index (κ1) is 15.6. The zero-order chi connectivity index (χ0) is 17.9. The number of hydrogen-bond donors (Lipinski definition) is 2. The summed E-state index contributed by atoms with van der Waals surface area (Å²) in [5, 5.41) is 13.3. The Balaban J connectivity index is 1.52. The fourth-order valence-corrected chi connectivity index (χ4v) is 2.26. The zero-order valence-electron chi connectivity index (χ0n) is 13.2. The highest BCUT2D eigenvalue weighted by atomic mass is 19.1. The third kappa shape index (κ3) is 3.15. The second-order valence-corrected chi connectivity index (χ2v) is 5.23. The standard InChI is InChI=1S/C16H11FN8O/c17-11-3-1-10(2-4-11)12-5-13(24-23-12)16(26)22-14-6-15(20-8-19-14)25-9-18-7-21-25/h1-9H,(H,23,24)(H,19,20,22,26). The zero-order valence-corrected chi connectivity index (χ0v) is 13.2. The highest BCUT2D eigenvalue weighted by Crippen LogP contribution is 2.18. The van der Waals surface area contributed by atoms with Gasteiger partial charge in [-0.05, 0) is 30.3 Å². The van der Waals surface area contributed by atoms with Crippen molar-refractivity contribution in [3.8, 4) is 17.1 Å². The Morgan fingerprint density at radius 3 is 2.73 bits per heavy atom. The molecule has 0 fully saturated rings. The normalized spacial score (nSPS) is 10.7. The number of benzene rings is 1. The average Bonchev–Trinajstić information content (AvgIpc) is 3.35. The number of nitrogens with zero attached hydrogens (tertiary/aromatic N) is 6. The van der Waals surface area contributed by atoms with Crippen molar-refractivity contribution in [3.05, 3.63) is 66.9 Å². The highest BCUT2D eigenvalue weighted by molar-refractivity contribution is 6.03. The van der Waals surface area contributed by atoms with E-state index < -0.39 is 5.91 Å². The molecule has 9 nitrogen and oxygen atoms in total. The number of carbonyl (C=O) groups excluding carboxylic acids is 1. The maximum absolute atomic E-state index is 13.0. The Morgan fingerprint density at radius 1 is 1.12 bits per heavy atom. The van der Waals surface area contributed by atoms with E-state index in [0.29, 0.717) is 22.9 Å². The molecule has 0 saturated carbocycles. The van der Waals surface area contributed by atoms with Crippen molar-refractivity contribution in [3.63, 3.8) is 0 Å². The predicted octanol–water partition coefficient (Wildman–Crippen LogP) is 1.84. The van der Waals surface area contributed by atoms with Gasteiger partial charge in [-0.2, -0.15) is 10.2 Å². The second kappa shape index (κ2) is 6.51. The van der Waals surface area contributed by atoms with Gasteiger partial charge in [-0.15, -0.1) is 0 Å². The topological polar surface area (TPSA) is 114 Å². The summed E-state index contributed by atoms with van der Waals surface area (Å²) >= 11 is 0. The average molecular weight is 350 g/mol. The number of aromatic nitrogens is 7. The first-order valence-electron chi connectivity index (χ1n) is 7.49. The molecule has 0 radical (unpaired) electrons. The molecule has 0 aliphatic rings. The predicted molar refractivity (Wildman–Crippen MR) is 88.9 cm³/mol. The van der Waals surface area contributed by atoms with Gasteiger partial charge in [0.05, 0.1) is 5.69 Å². The molecule has 0 unspecified atom stereocenters. The van der Waals surface area contributed by atoms with Crippen molar-refractivity contribution in [2.24, 2.45) is 0 Å². The molecule has 0 bridgehead atoms. The number of nitrogens with one attached hydrogen (secondary N) is 2. The number of hydrogen-bond acceptors (Lipinski definition) is 6. The fraction of sp³-hybridized carbons (Fsp3) is 0. The van der Waals surface area contributed by atoms with Crippen molar-refractivity contribution < 1.29 is 9.18 Å². The van der Waals surface area contributed by atoms with Gasteiger partial charge in [0, 0.05) is 11.6 Å². The quantitative estimate of drug-likeness (QED) is 0.580. The van der Waals surface area contributed by atoms with Crippen LogP contribution in [0.4, 0.5) is 10.2 Å². The molecule has 1 aromatic carbocycles. The summed E-state index contributed by atoms with van der Waals surface area (Å²) in [6, 6.07) is 8.96. The second-order valence-electron chi connectivity index (χ2n) is 5.23. The molecule has 0 aliphatic heterocycles. The molecule has 0 atom stereocenters. The van der Waals surface area contributed by atoms with Crippen molar-refractivity contribution in [2.45, 2.75) is 0 Å². The van der Waals surface area contributed by atoms with Crippen molar-refractivity contribution in [1.29, 1.82) is 0 Å². The number of aromatic amines is 1. The maximum Gasteiger partial charge on any atom is 0.274 e. The lowest BCUT2D eigenvalue weighted by atomic mass is 10.1. The Hall–Kier alpha value is -3.95. The first-order chi connectivity index (χ1) is 12.7. The monoisotopic (exact) mass is 350 g/mol. The van der Waals surface area contributed by atoms with Crippen LogP contribution < -0.4 is 5.32 Å². The summed E-state index contributed by atoms with van der Waals surface area (Å²) in [4.78, 5) is 24.3. The minimum absolute atomic E-state index is 0.241. The fourth-order valence-electron chi connectivity index (χ4n) is 2.26. The number of anilines is 1. The molecule has 4 aromatic rings. The lowest BCUT2D eigenvalue weighted by molar-refractivity contribution is 0.102. The summed E-state index contributed by atoms with van der Waals surface area (Å²) < 4.78 is 14.4. The SMILES string of the molecule is O=C(Nc1cc(-n2cncn2)ncn1)c1cc(-c2ccc(F)cc2)n[nH]1. The van der Waals surface area contributed by atoms with Crippen LogP contribution in [0.2, 0.25) is 0 Å². The van der Waals surface area contributed by atoms with Crippen molar-refractivity contribution in [2.75, 3.05) is 5.32 Å². The van der Waals surface area contributed by atoms with Crippen molar-refractivity contribution >= 4 is 11.7 Å². The summed E-state index contributed by atoms with van der Waals surface area (Å²) in [7, 11) is 0. The van der Waals surface area contributed by atoms with Gasteiger partial charge in [0.25, 0.3) is 5.91 Å². The summed E-state index contributed by atoms with van der Waals surface area (Å²) in [6.07, 6.45) is 4.17. The Morgan fingerprint density at radius 2 is 1.96 bits per heavy atom. The summed E-state index contributed by atoms with van der Waals surface area (Å²) in [6.45, 7) is 0. The van der Waals surface area contributed by atoms with Gasteiger partial charge in [0.15, 0.2) is 5.82 Å². The van der Waals surface area contributed by atoms with E-state index in [1.807, 2.05) is 0 Å². The molecule has 3 heterocycles. The molecule has 0 aliphatic carbocycles.